The van der Waals surface area contributed by atoms with Gasteiger partial charge in [0.25, 0.3) is 5.89 Å². The molecule has 0 aliphatic heterocycles. The molecular formula is C19H21ClN4O2. The number of ether oxygens (including phenoxy) is 1. The van der Waals surface area contributed by atoms with Gasteiger partial charge in [-0.25, -0.2) is 0 Å². The van der Waals surface area contributed by atoms with Crippen LogP contribution in [0.1, 0.15) is 37.1 Å². The summed E-state index contributed by atoms with van der Waals surface area (Å²) in [6.07, 6.45) is 7.56. The fourth-order valence-corrected chi connectivity index (χ4v) is 3.11. The zero-order valence-corrected chi connectivity index (χ0v) is 15.1. The summed E-state index contributed by atoms with van der Waals surface area (Å²) in [5.41, 5.74) is 7.88. The van der Waals surface area contributed by atoms with Gasteiger partial charge in [0.05, 0.1) is 5.54 Å². The summed E-state index contributed by atoms with van der Waals surface area (Å²) in [5.74, 6) is 1.89. The maximum absolute atomic E-state index is 6.38. The molecule has 2 N–H and O–H groups in total. The Morgan fingerprint density at radius 2 is 1.73 bits per heavy atom. The molecule has 1 aliphatic rings. The fourth-order valence-electron chi connectivity index (χ4n) is 3.11. The number of nitrogens with zero attached hydrogens (tertiary/aromatic N) is 3. The summed E-state index contributed by atoms with van der Waals surface area (Å²) in [7, 11) is 0. The average Bonchev–Trinajstić information content (AvgIpc) is 3.32. The predicted molar refractivity (Wildman–Crippen MR) is 99.9 cm³/mol. The number of hydrogen-bond donors (Lipinski definition) is 1. The van der Waals surface area contributed by atoms with Gasteiger partial charge in [0.2, 0.25) is 0 Å². The smallest absolute Gasteiger partial charge is 0.257 e. The molecule has 0 atom stereocenters. The lowest BCUT2D eigenvalue weighted by Gasteiger charge is -2.17. The van der Waals surface area contributed by atoms with Crippen LogP contribution in [0.25, 0.3) is 11.5 Å². The van der Waals surface area contributed by atoms with Gasteiger partial charge < -0.3 is 15.0 Å². The Bertz CT molecular complexity index is 830. The van der Waals surface area contributed by atoms with Gasteiger partial charge >= 0.3 is 0 Å². The van der Waals surface area contributed by atoms with Crippen molar-refractivity contribution in [3.63, 3.8) is 0 Å². The highest BCUT2D eigenvalue weighted by Gasteiger charge is 2.36. The van der Waals surface area contributed by atoms with Crippen LogP contribution in [0.3, 0.4) is 0 Å². The first kappa shape index (κ1) is 18.4. The maximum atomic E-state index is 6.38. The first-order valence-electron chi connectivity index (χ1n) is 8.48. The molecule has 7 heteroatoms. The van der Waals surface area contributed by atoms with Crippen molar-refractivity contribution >= 4 is 12.4 Å². The second-order valence-corrected chi connectivity index (χ2v) is 6.45. The van der Waals surface area contributed by atoms with Crippen molar-refractivity contribution in [2.75, 3.05) is 0 Å². The number of rotatable bonds is 5. The lowest BCUT2D eigenvalue weighted by Crippen LogP contribution is -2.34. The Hall–Kier alpha value is -2.44. The van der Waals surface area contributed by atoms with E-state index in [-0.39, 0.29) is 12.4 Å². The molecule has 6 nitrogen and oxygen atoms in total. The van der Waals surface area contributed by atoms with Crippen LogP contribution in [-0.4, -0.2) is 15.1 Å². The van der Waals surface area contributed by atoms with Crippen molar-refractivity contribution < 1.29 is 9.26 Å². The van der Waals surface area contributed by atoms with Gasteiger partial charge in [-0.05, 0) is 54.8 Å². The van der Waals surface area contributed by atoms with Gasteiger partial charge in [0, 0.05) is 18.0 Å². The Morgan fingerprint density at radius 1 is 1.04 bits per heavy atom. The van der Waals surface area contributed by atoms with Gasteiger partial charge in [-0.15, -0.1) is 12.4 Å². The lowest BCUT2D eigenvalue weighted by molar-refractivity contribution is 0.306. The molecule has 0 amide bonds. The second-order valence-electron chi connectivity index (χ2n) is 6.45. The molecule has 2 heterocycles. The van der Waals surface area contributed by atoms with E-state index in [0.29, 0.717) is 18.3 Å². The van der Waals surface area contributed by atoms with Gasteiger partial charge in [-0.1, -0.05) is 18.0 Å². The number of nitrogens with two attached hydrogens (primary N) is 1. The minimum atomic E-state index is -0.435. The highest BCUT2D eigenvalue weighted by molar-refractivity contribution is 5.85. The number of pyridine rings is 1. The Morgan fingerprint density at radius 3 is 2.42 bits per heavy atom. The second kappa shape index (κ2) is 7.85. The third-order valence-corrected chi connectivity index (χ3v) is 4.62. The summed E-state index contributed by atoms with van der Waals surface area (Å²) in [5, 5.41) is 4.10. The zero-order valence-electron chi connectivity index (χ0n) is 14.3. The molecule has 1 aliphatic carbocycles. The third kappa shape index (κ3) is 3.86. The van der Waals surface area contributed by atoms with Crippen LogP contribution in [0.5, 0.6) is 5.75 Å². The SMILES string of the molecule is Cl.NC1(c2noc(-c3ccc(OCc4ccncc4)cc3)n2)CCCC1. The molecule has 1 saturated carbocycles. The molecule has 136 valence electrons. The highest BCUT2D eigenvalue weighted by Crippen LogP contribution is 2.35. The van der Waals surface area contributed by atoms with Gasteiger partial charge in [0.1, 0.15) is 12.4 Å². The molecule has 0 unspecified atom stereocenters. The van der Waals surface area contributed by atoms with Crippen LogP contribution < -0.4 is 10.5 Å². The summed E-state index contributed by atoms with van der Waals surface area (Å²) in [4.78, 5) is 8.50. The molecule has 26 heavy (non-hydrogen) atoms. The molecule has 4 rings (SSSR count). The first-order valence-corrected chi connectivity index (χ1v) is 8.48. The lowest BCUT2D eigenvalue weighted by atomic mass is 9.99. The van der Waals surface area contributed by atoms with Crippen molar-refractivity contribution in [3.8, 4) is 17.2 Å². The van der Waals surface area contributed by atoms with Gasteiger partial charge in [-0.3, -0.25) is 4.98 Å². The average molecular weight is 373 g/mol. The van der Waals surface area contributed by atoms with Gasteiger partial charge in [0.15, 0.2) is 5.82 Å². The summed E-state index contributed by atoms with van der Waals surface area (Å²) in [6, 6.07) is 11.5. The standard InChI is InChI=1S/C19H20N4O2.ClH/c20-19(9-1-2-10-19)18-22-17(25-23-18)15-3-5-16(6-4-15)24-13-14-7-11-21-12-8-14;/h3-8,11-12H,1-2,9-10,13,20H2;1H. The molecule has 0 bridgehead atoms. The van der Waals surface area contributed by atoms with Crippen molar-refractivity contribution in [2.45, 2.75) is 37.8 Å². The van der Waals surface area contributed by atoms with Crippen LogP contribution in [0, 0.1) is 0 Å². The van der Waals surface area contributed by atoms with E-state index in [9.17, 15) is 0 Å². The summed E-state index contributed by atoms with van der Waals surface area (Å²) in [6.45, 7) is 0.502. The summed E-state index contributed by atoms with van der Waals surface area (Å²) < 4.78 is 11.2. The maximum Gasteiger partial charge on any atom is 0.257 e. The number of halogens is 1. The van der Waals surface area contributed by atoms with Crippen LogP contribution in [0.15, 0.2) is 53.3 Å². The number of aromatic nitrogens is 3. The normalized spacial score (nSPS) is 15.4. The molecule has 1 fully saturated rings. The van der Waals surface area contributed by atoms with E-state index in [4.69, 9.17) is 15.0 Å². The van der Waals surface area contributed by atoms with E-state index in [1.807, 2.05) is 36.4 Å². The van der Waals surface area contributed by atoms with Crippen molar-refractivity contribution in [1.82, 2.24) is 15.1 Å². The minimum Gasteiger partial charge on any atom is -0.489 e. The third-order valence-electron chi connectivity index (χ3n) is 4.62. The van der Waals surface area contributed by atoms with E-state index in [0.717, 1.165) is 42.6 Å². The van der Waals surface area contributed by atoms with E-state index in [1.165, 1.54) is 0 Å². The zero-order chi connectivity index (χ0) is 17.1. The molecule has 3 aromatic rings. The quantitative estimate of drug-likeness (QED) is 0.731. The summed E-state index contributed by atoms with van der Waals surface area (Å²) >= 11 is 0. The van der Waals surface area contributed by atoms with Crippen LogP contribution in [0.2, 0.25) is 0 Å². The van der Waals surface area contributed by atoms with E-state index in [1.54, 1.807) is 12.4 Å². The topological polar surface area (TPSA) is 87.1 Å². The largest absolute Gasteiger partial charge is 0.489 e. The van der Waals surface area contributed by atoms with Crippen molar-refractivity contribution in [2.24, 2.45) is 5.73 Å². The van der Waals surface area contributed by atoms with Crippen LogP contribution in [-0.2, 0) is 12.1 Å². The number of benzene rings is 1. The molecular weight excluding hydrogens is 352 g/mol. The monoisotopic (exact) mass is 372 g/mol. The van der Waals surface area contributed by atoms with E-state index in [2.05, 4.69) is 15.1 Å². The Balaban J connectivity index is 0.00000196. The van der Waals surface area contributed by atoms with Crippen molar-refractivity contribution in [1.29, 1.82) is 0 Å². The Labute approximate surface area is 158 Å². The van der Waals surface area contributed by atoms with Crippen LogP contribution in [0.4, 0.5) is 0 Å². The highest BCUT2D eigenvalue weighted by atomic mass is 35.5. The number of hydrogen-bond acceptors (Lipinski definition) is 6. The predicted octanol–water partition coefficient (Wildman–Crippen LogP) is 3.86. The Kier molecular flexibility index (Phi) is 5.54. The minimum absolute atomic E-state index is 0. The molecule has 0 radical (unpaired) electrons. The molecule has 1 aromatic carbocycles. The van der Waals surface area contributed by atoms with E-state index >= 15 is 0 Å². The fraction of sp³-hybridized carbons (Fsp3) is 0.316. The molecule has 2 aromatic heterocycles. The first-order chi connectivity index (χ1) is 12.2. The van der Waals surface area contributed by atoms with E-state index < -0.39 is 5.54 Å². The molecule has 0 saturated heterocycles. The van der Waals surface area contributed by atoms with Crippen LogP contribution >= 0.6 is 12.4 Å². The van der Waals surface area contributed by atoms with Crippen molar-refractivity contribution in [3.05, 3.63) is 60.2 Å². The van der Waals surface area contributed by atoms with Gasteiger partial charge in [-0.2, -0.15) is 4.98 Å². The molecule has 0 spiro atoms.